The van der Waals surface area contributed by atoms with Gasteiger partial charge in [0, 0.05) is 0 Å². The van der Waals surface area contributed by atoms with Crippen LogP contribution in [0.4, 0.5) is 13.6 Å². The highest BCUT2D eigenvalue weighted by Gasteiger charge is 2.30. The van der Waals surface area contributed by atoms with Crippen molar-refractivity contribution in [3.8, 4) is 0 Å². The lowest BCUT2D eigenvalue weighted by molar-refractivity contribution is -0.00377. The Kier molecular flexibility index (Phi) is 6.87. The van der Waals surface area contributed by atoms with Crippen molar-refractivity contribution in [1.29, 1.82) is 0 Å². The van der Waals surface area contributed by atoms with Crippen LogP contribution in [0, 0.1) is 5.41 Å². The van der Waals surface area contributed by atoms with E-state index in [1.54, 1.807) is 20.8 Å². The first-order chi connectivity index (χ1) is 8.81. The molecule has 1 amide bonds. The largest absolute Gasteiger partial charge is 0.444 e. The minimum Gasteiger partial charge on any atom is -0.444 e. The first-order valence-corrected chi connectivity index (χ1v) is 6.86. The molecule has 0 saturated heterocycles. The maximum atomic E-state index is 13.5. The van der Waals surface area contributed by atoms with Crippen molar-refractivity contribution in [3.05, 3.63) is 0 Å². The molecular formula is C14H28F2N2O2. The number of ether oxygens (including phenoxy) is 1. The summed E-state index contributed by atoms with van der Waals surface area (Å²) in [6.45, 7) is 10.5. The fourth-order valence-corrected chi connectivity index (χ4v) is 1.31. The summed E-state index contributed by atoms with van der Waals surface area (Å²) in [5.41, 5.74) is -0.582. The van der Waals surface area contributed by atoms with Crippen molar-refractivity contribution in [2.24, 2.45) is 5.41 Å². The Morgan fingerprint density at radius 2 is 1.60 bits per heavy atom. The van der Waals surface area contributed by atoms with Crippen molar-refractivity contribution in [1.82, 2.24) is 10.6 Å². The number of carbonyl (C=O) groups is 1. The average molecular weight is 294 g/mol. The fourth-order valence-electron chi connectivity index (χ4n) is 1.31. The first-order valence-electron chi connectivity index (χ1n) is 6.86. The smallest absolute Gasteiger partial charge is 0.407 e. The Bertz CT molecular complexity index is 307. The molecule has 0 bridgehead atoms. The molecule has 0 aromatic carbocycles. The van der Waals surface area contributed by atoms with Gasteiger partial charge in [-0.3, -0.25) is 0 Å². The van der Waals surface area contributed by atoms with Crippen LogP contribution in [0.5, 0.6) is 0 Å². The molecule has 0 rings (SSSR count). The first kappa shape index (κ1) is 19.1. The number of nitrogens with one attached hydrogen (secondary N) is 2. The highest BCUT2D eigenvalue weighted by atomic mass is 19.3. The summed E-state index contributed by atoms with van der Waals surface area (Å²) in [4.78, 5) is 11.3. The van der Waals surface area contributed by atoms with Gasteiger partial charge in [-0.1, -0.05) is 20.8 Å². The van der Waals surface area contributed by atoms with Gasteiger partial charge < -0.3 is 15.4 Å². The molecule has 0 aromatic heterocycles. The molecule has 0 aliphatic heterocycles. The van der Waals surface area contributed by atoms with Gasteiger partial charge in [-0.2, -0.15) is 0 Å². The SMILES string of the molecule is CC(C)(C)CCNCC(F)(F)CNC(=O)OC(C)(C)C. The van der Waals surface area contributed by atoms with Gasteiger partial charge in [0.25, 0.3) is 5.92 Å². The van der Waals surface area contributed by atoms with E-state index in [1.165, 1.54) is 0 Å². The highest BCUT2D eigenvalue weighted by Crippen LogP contribution is 2.17. The van der Waals surface area contributed by atoms with Gasteiger partial charge >= 0.3 is 6.09 Å². The van der Waals surface area contributed by atoms with Crippen LogP contribution < -0.4 is 10.6 Å². The van der Waals surface area contributed by atoms with Crippen molar-refractivity contribution in [2.45, 2.75) is 59.5 Å². The lowest BCUT2D eigenvalue weighted by Gasteiger charge is -2.23. The summed E-state index contributed by atoms with van der Waals surface area (Å²) in [7, 11) is 0. The van der Waals surface area contributed by atoms with E-state index in [9.17, 15) is 13.6 Å². The Hall–Kier alpha value is -0.910. The average Bonchev–Trinajstić information content (AvgIpc) is 2.18. The van der Waals surface area contributed by atoms with E-state index >= 15 is 0 Å². The summed E-state index contributed by atoms with van der Waals surface area (Å²) >= 11 is 0. The normalized spacial score (nSPS) is 13.2. The quantitative estimate of drug-likeness (QED) is 0.740. The third-order valence-electron chi connectivity index (χ3n) is 2.33. The zero-order valence-electron chi connectivity index (χ0n) is 13.4. The number of halogens is 2. The summed E-state index contributed by atoms with van der Waals surface area (Å²) in [6.07, 6.45) is -0.0189. The molecule has 120 valence electrons. The number of rotatable bonds is 6. The van der Waals surface area contributed by atoms with Crippen LogP contribution in [-0.4, -0.2) is 37.3 Å². The molecule has 0 heterocycles. The van der Waals surface area contributed by atoms with E-state index in [1.807, 2.05) is 0 Å². The topological polar surface area (TPSA) is 50.4 Å². The zero-order chi connectivity index (χ0) is 16.0. The molecule has 4 nitrogen and oxygen atoms in total. The van der Waals surface area contributed by atoms with Crippen LogP contribution >= 0.6 is 0 Å². The lowest BCUT2D eigenvalue weighted by atomic mass is 9.92. The molecule has 20 heavy (non-hydrogen) atoms. The van der Waals surface area contributed by atoms with E-state index in [2.05, 4.69) is 31.4 Å². The predicted octanol–water partition coefficient (Wildman–Crippen LogP) is 3.17. The van der Waals surface area contributed by atoms with Crippen LogP contribution in [-0.2, 0) is 4.74 Å². The number of alkyl carbamates (subject to hydrolysis) is 1. The molecule has 0 unspecified atom stereocenters. The van der Waals surface area contributed by atoms with E-state index in [0.717, 1.165) is 6.42 Å². The molecule has 0 atom stereocenters. The monoisotopic (exact) mass is 294 g/mol. The van der Waals surface area contributed by atoms with Crippen LogP contribution in [0.1, 0.15) is 48.0 Å². The molecule has 0 radical (unpaired) electrons. The van der Waals surface area contributed by atoms with Crippen molar-refractivity contribution in [2.75, 3.05) is 19.6 Å². The third kappa shape index (κ3) is 12.1. The van der Waals surface area contributed by atoms with Crippen molar-refractivity contribution in [3.63, 3.8) is 0 Å². The van der Waals surface area contributed by atoms with Crippen LogP contribution in [0.25, 0.3) is 0 Å². The maximum Gasteiger partial charge on any atom is 0.407 e. The minimum atomic E-state index is -2.99. The second-order valence-electron chi connectivity index (χ2n) is 7.20. The summed E-state index contributed by atoms with van der Waals surface area (Å²) < 4.78 is 31.9. The van der Waals surface area contributed by atoms with Gasteiger partial charge in [0.15, 0.2) is 0 Å². The second-order valence-corrected chi connectivity index (χ2v) is 7.20. The Labute approximate surface area is 120 Å². The van der Waals surface area contributed by atoms with Crippen molar-refractivity contribution < 1.29 is 18.3 Å². The molecular weight excluding hydrogens is 266 g/mol. The number of carbonyl (C=O) groups excluding carboxylic acids is 1. The number of amides is 1. The van der Waals surface area contributed by atoms with E-state index in [0.29, 0.717) is 6.54 Å². The van der Waals surface area contributed by atoms with Gasteiger partial charge in [0.05, 0.1) is 13.1 Å². The minimum absolute atomic E-state index is 0.108. The summed E-state index contributed by atoms with van der Waals surface area (Å²) in [6, 6.07) is 0. The van der Waals surface area contributed by atoms with Gasteiger partial charge in [-0.05, 0) is 39.2 Å². The van der Waals surface area contributed by atoms with E-state index in [-0.39, 0.29) is 5.41 Å². The Balaban J connectivity index is 3.93. The molecule has 0 aromatic rings. The Morgan fingerprint density at radius 3 is 2.05 bits per heavy atom. The molecule has 0 spiro atoms. The van der Waals surface area contributed by atoms with Crippen LogP contribution in [0.2, 0.25) is 0 Å². The summed E-state index contributed by atoms with van der Waals surface area (Å²) in [5.74, 6) is -2.99. The second kappa shape index (κ2) is 7.20. The van der Waals surface area contributed by atoms with E-state index in [4.69, 9.17) is 4.74 Å². The summed E-state index contributed by atoms with van der Waals surface area (Å²) in [5, 5.41) is 4.80. The molecule has 0 aliphatic rings. The van der Waals surface area contributed by atoms with Crippen LogP contribution in [0.15, 0.2) is 0 Å². The van der Waals surface area contributed by atoms with Gasteiger partial charge in [-0.15, -0.1) is 0 Å². The van der Waals surface area contributed by atoms with E-state index < -0.39 is 30.7 Å². The molecule has 6 heteroatoms. The number of alkyl halides is 2. The molecule has 2 N–H and O–H groups in total. The van der Waals surface area contributed by atoms with Gasteiger partial charge in [0.2, 0.25) is 0 Å². The third-order valence-corrected chi connectivity index (χ3v) is 2.33. The van der Waals surface area contributed by atoms with Gasteiger partial charge in [0.1, 0.15) is 5.60 Å². The number of hydrogen-bond acceptors (Lipinski definition) is 3. The fraction of sp³-hybridized carbons (Fsp3) is 0.929. The van der Waals surface area contributed by atoms with Gasteiger partial charge in [-0.25, -0.2) is 13.6 Å². The molecule has 0 fully saturated rings. The molecule has 0 aliphatic carbocycles. The zero-order valence-corrected chi connectivity index (χ0v) is 13.4. The highest BCUT2D eigenvalue weighted by molar-refractivity contribution is 5.67. The molecule has 0 saturated carbocycles. The number of hydrogen-bond donors (Lipinski definition) is 2. The standard InChI is InChI=1S/C14H28F2N2O2/c1-12(2,3)7-8-17-9-14(15,16)10-18-11(19)20-13(4,5)6/h17H,7-10H2,1-6H3,(H,18,19). The van der Waals surface area contributed by atoms with Crippen molar-refractivity contribution >= 4 is 6.09 Å². The predicted molar refractivity (Wildman–Crippen MR) is 76.1 cm³/mol. The maximum absolute atomic E-state index is 13.5. The van der Waals surface area contributed by atoms with Crippen LogP contribution in [0.3, 0.4) is 0 Å². The Morgan fingerprint density at radius 1 is 1.05 bits per heavy atom. The lowest BCUT2D eigenvalue weighted by Crippen LogP contribution is -2.45.